The van der Waals surface area contributed by atoms with E-state index in [9.17, 15) is 0 Å². The van der Waals surface area contributed by atoms with Crippen molar-refractivity contribution in [3.63, 3.8) is 0 Å². The van der Waals surface area contributed by atoms with E-state index in [1.807, 2.05) is 0 Å². The Kier molecular flexibility index (Phi) is 1.67. The summed E-state index contributed by atoms with van der Waals surface area (Å²) in [5.41, 5.74) is 0. The summed E-state index contributed by atoms with van der Waals surface area (Å²) < 4.78 is 0. The van der Waals surface area contributed by atoms with Gasteiger partial charge in [0.25, 0.3) is 0 Å². The van der Waals surface area contributed by atoms with Crippen molar-refractivity contribution in [3.05, 3.63) is 0 Å². The standard InChI is InChI=1S/C10H14/c1-2-4-6-9-8-10(9)7-5-3-1/h9-10H,1-4,6,8H2/t9-,10+/m1/s1. The molecule has 2 atom stereocenters. The number of rotatable bonds is 0. The fraction of sp³-hybridized carbons (Fsp3) is 0.800. The Hall–Kier alpha value is -0.440. The largest absolute Gasteiger partial charge is 0.103 e. The number of hydrogen-bond acceptors (Lipinski definition) is 0. The van der Waals surface area contributed by atoms with Crippen LogP contribution >= 0.6 is 0 Å². The number of fused-ring (bicyclic) bond motifs is 1. The van der Waals surface area contributed by atoms with Gasteiger partial charge in [-0.15, -0.1) is 5.92 Å². The fourth-order valence-corrected chi connectivity index (χ4v) is 1.74. The first-order valence-electron chi connectivity index (χ1n) is 4.45. The summed E-state index contributed by atoms with van der Waals surface area (Å²) in [5.74, 6) is 8.44. The van der Waals surface area contributed by atoms with Gasteiger partial charge in [-0.2, -0.15) is 0 Å². The Bertz CT molecular complexity index is 170. The van der Waals surface area contributed by atoms with E-state index in [0.29, 0.717) is 0 Å². The molecule has 0 spiro atoms. The molecule has 0 aromatic rings. The van der Waals surface area contributed by atoms with Crippen molar-refractivity contribution in [2.45, 2.75) is 38.5 Å². The van der Waals surface area contributed by atoms with E-state index in [-0.39, 0.29) is 0 Å². The van der Waals surface area contributed by atoms with Crippen LogP contribution in [0.3, 0.4) is 0 Å². The van der Waals surface area contributed by atoms with Gasteiger partial charge in [0.1, 0.15) is 0 Å². The second kappa shape index (κ2) is 2.66. The second-order valence-electron chi connectivity index (χ2n) is 3.52. The van der Waals surface area contributed by atoms with Crippen molar-refractivity contribution < 1.29 is 0 Å². The fourth-order valence-electron chi connectivity index (χ4n) is 1.74. The van der Waals surface area contributed by atoms with Crippen molar-refractivity contribution in [3.8, 4) is 11.8 Å². The quantitative estimate of drug-likeness (QED) is 0.447. The lowest BCUT2D eigenvalue weighted by atomic mass is 10.1. The summed E-state index contributed by atoms with van der Waals surface area (Å²) in [5, 5.41) is 0. The first-order valence-corrected chi connectivity index (χ1v) is 4.45. The van der Waals surface area contributed by atoms with E-state index in [1.165, 1.54) is 32.1 Å². The van der Waals surface area contributed by atoms with Gasteiger partial charge in [-0.1, -0.05) is 18.8 Å². The van der Waals surface area contributed by atoms with Crippen molar-refractivity contribution >= 4 is 0 Å². The normalized spacial score (nSPS) is 37.6. The van der Waals surface area contributed by atoms with E-state index in [0.717, 1.165) is 18.3 Å². The molecule has 54 valence electrons. The summed E-state index contributed by atoms with van der Waals surface area (Å²) in [4.78, 5) is 0. The molecular weight excluding hydrogens is 120 g/mol. The molecule has 0 heterocycles. The Labute approximate surface area is 63.0 Å². The van der Waals surface area contributed by atoms with Crippen LogP contribution < -0.4 is 0 Å². The van der Waals surface area contributed by atoms with Crippen LogP contribution in [0.1, 0.15) is 38.5 Å². The summed E-state index contributed by atoms with van der Waals surface area (Å²) in [7, 11) is 0. The lowest BCUT2D eigenvalue weighted by Gasteiger charge is -1.94. The summed E-state index contributed by atoms with van der Waals surface area (Å²) in [6.07, 6.45) is 8.23. The van der Waals surface area contributed by atoms with Crippen LogP contribution in [0.5, 0.6) is 0 Å². The first-order chi connectivity index (χ1) is 4.97. The highest BCUT2D eigenvalue weighted by atomic mass is 14.4. The molecule has 2 aliphatic carbocycles. The minimum Gasteiger partial charge on any atom is -0.103 e. The zero-order chi connectivity index (χ0) is 6.81. The van der Waals surface area contributed by atoms with Crippen molar-refractivity contribution in [2.24, 2.45) is 11.8 Å². The van der Waals surface area contributed by atoms with Crippen molar-refractivity contribution in [1.82, 2.24) is 0 Å². The lowest BCUT2D eigenvalue weighted by molar-refractivity contribution is 0.602. The zero-order valence-electron chi connectivity index (χ0n) is 6.40. The van der Waals surface area contributed by atoms with Gasteiger partial charge in [0.2, 0.25) is 0 Å². The molecule has 0 N–H and O–H groups in total. The molecule has 0 heteroatoms. The van der Waals surface area contributed by atoms with Crippen molar-refractivity contribution in [2.75, 3.05) is 0 Å². The van der Waals surface area contributed by atoms with E-state index >= 15 is 0 Å². The van der Waals surface area contributed by atoms with Crippen LogP contribution in [0.15, 0.2) is 0 Å². The smallest absolute Gasteiger partial charge is 0.0234 e. The molecule has 0 saturated heterocycles. The Morgan fingerprint density at radius 3 is 3.10 bits per heavy atom. The molecule has 2 aliphatic rings. The van der Waals surface area contributed by atoms with Gasteiger partial charge in [-0.05, 0) is 25.2 Å². The van der Waals surface area contributed by atoms with E-state index in [4.69, 9.17) is 0 Å². The third-order valence-corrected chi connectivity index (χ3v) is 2.59. The van der Waals surface area contributed by atoms with Gasteiger partial charge >= 0.3 is 0 Å². The molecule has 0 aromatic carbocycles. The Balaban J connectivity index is 1.92. The highest BCUT2D eigenvalue weighted by Crippen LogP contribution is 2.42. The summed E-state index contributed by atoms with van der Waals surface area (Å²) in [6, 6.07) is 0. The maximum Gasteiger partial charge on any atom is 0.0234 e. The predicted octanol–water partition coefficient (Wildman–Crippen LogP) is 2.59. The molecule has 10 heavy (non-hydrogen) atoms. The third-order valence-electron chi connectivity index (χ3n) is 2.59. The topological polar surface area (TPSA) is 0 Å². The van der Waals surface area contributed by atoms with Gasteiger partial charge in [0.05, 0.1) is 0 Å². The molecule has 0 radical (unpaired) electrons. The van der Waals surface area contributed by atoms with E-state index in [2.05, 4.69) is 11.8 Å². The van der Waals surface area contributed by atoms with Crippen LogP contribution in [0, 0.1) is 23.7 Å². The highest BCUT2D eigenvalue weighted by Gasteiger charge is 2.34. The second-order valence-corrected chi connectivity index (χ2v) is 3.52. The molecule has 0 nitrogen and oxygen atoms in total. The molecular formula is C10H14. The van der Waals surface area contributed by atoms with Gasteiger partial charge < -0.3 is 0 Å². The monoisotopic (exact) mass is 134 g/mol. The maximum atomic E-state index is 3.35. The van der Waals surface area contributed by atoms with Gasteiger partial charge in [0.15, 0.2) is 0 Å². The minimum atomic E-state index is 0.818. The van der Waals surface area contributed by atoms with Gasteiger partial charge in [-0.25, -0.2) is 0 Å². The molecule has 1 fully saturated rings. The van der Waals surface area contributed by atoms with E-state index in [1.54, 1.807) is 0 Å². The highest BCUT2D eigenvalue weighted by molar-refractivity contribution is 5.13. The van der Waals surface area contributed by atoms with Gasteiger partial charge in [-0.3, -0.25) is 0 Å². The average molecular weight is 134 g/mol. The molecule has 1 saturated carbocycles. The van der Waals surface area contributed by atoms with Crippen LogP contribution in [-0.2, 0) is 0 Å². The first kappa shape index (κ1) is 6.28. The molecule has 0 bridgehead atoms. The molecule has 0 aromatic heterocycles. The van der Waals surface area contributed by atoms with Gasteiger partial charge in [0, 0.05) is 12.3 Å². The Morgan fingerprint density at radius 1 is 1.10 bits per heavy atom. The van der Waals surface area contributed by atoms with Crippen molar-refractivity contribution in [1.29, 1.82) is 0 Å². The molecule has 2 rings (SSSR count). The SMILES string of the molecule is C1#C[C@H]2C[C@H]2CCCCC1. The summed E-state index contributed by atoms with van der Waals surface area (Å²) >= 11 is 0. The average Bonchev–Trinajstić information content (AvgIpc) is 2.66. The minimum absolute atomic E-state index is 0.818. The van der Waals surface area contributed by atoms with Crippen LogP contribution in [0.4, 0.5) is 0 Å². The Morgan fingerprint density at radius 2 is 2.10 bits per heavy atom. The maximum absolute atomic E-state index is 3.35. The molecule has 0 aliphatic heterocycles. The number of hydrogen-bond donors (Lipinski definition) is 0. The molecule has 0 amide bonds. The lowest BCUT2D eigenvalue weighted by Crippen LogP contribution is -1.79. The van der Waals surface area contributed by atoms with Crippen LogP contribution in [-0.4, -0.2) is 0 Å². The van der Waals surface area contributed by atoms with E-state index < -0.39 is 0 Å². The van der Waals surface area contributed by atoms with Crippen LogP contribution in [0.2, 0.25) is 0 Å². The molecule has 0 unspecified atom stereocenters. The third kappa shape index (κ3) is 1.34. The summed E-state index contributed by atoms with van der Waals surface area (Å²) in [6.45, 7) is 0. The zero-order valence-corrected chi connectivity index (χ0v) is 6.40. The predicted molar refractivity (Wildman–Crippen MR) is 42.5 cm³/mol. The van der Waals surface area contributed by atoms with Crippen LogP contribution in [0.25, 0.3) is 0 Å².